The Balaban J connectivity index is 2.90. The molecule has 6 heteroatoms. The average molecular weight is 447 g/mol. The number of ether oxygens (including phenoxy) is 2. The minimum Gasteiger partial charge on any atom is -0.443 e. The zero-order chi connectivity index (χ0) is 18.5. The Morgan fingerprint density at radius 1 is 0.958 bits per heavy atom. The lowest BCUT2D eigenvalue weighted by atomic mass is 10.1. The molecular weight excluding hydrogens is 421 g/mol. The summed E-state index contributed by atoms with van der Waals surface area (Å²) >= 11 is 2.24. The Kier molecular flexibility index (Phi) is 7.07. The number of rotatable bonds is 3. The molecule has 0 bridgehead atoms. The van der Waals surface area contributed by atoms with Crippen molar-refractivity contribution in [3.8, 4) is 0 Å². The van der Waals surface area contributed by atoms with Gasteiger partial charge in [-0.15, -0.1) is 0 Å². The second kappa shape index (κ2) is 8.18. The lowest BCUT2D eigenvalue weighted by molar-refractivity contribution is 0.00171. The predicted molar refractivity (Wildman–Crippen MR) is 102 cm³/mol. The fourth-order valence-electron chi connectivity index (χ4n) is 1.82. The first-order valence-electron chi connectivity index (χ1n) is 7.86. The Morgan fingerprint density at radius 3 is 1.83 bits per heavy atom. The monoisotopic (exact) mass is 447 g/mol. The van der Waals surface area contributed by atoms with Gasteiger partial charge in [0, 0.05) is 10.1 Å². The van der Waals surface area contributed by atoms with Crippen LogP contribution >= 0.6 is 22.6 Å². The van der Waals surface area contributed by atoms with Crippen LogP contribution in [-0.2, 0) is 15.9 Å². The highest BCUT2D eigenvalue weighted by Gasteiger charge is 2.30. The second-order valence-electron chi connectivity index (χ2n) is 7.45. The van der Waals surface area contributed by atoms with Gasteiger partial charge in [0.1, 0.15) is 11.2 Å². The van der Waals surface area contributed by atoms with Crippen LogP contribution in [0, 0.1) is 3.57 Å². The molecule has 2 amide bonds. The van der Waals surface area contributed by atoms with Gasteiger partial charge in [-0.2, -0.15) is 0 Å². The molecule has 0 heterocycles. The van der Waals surface area contributed by atoms with Gasteiger partial charge in [-0.25, -0.2) is 14.5 Å². The average Bonchev–Trinajstić information content (AvgIpc) is 2.36. The van der Waals surface area contributed by atoms with Gasteiger partial charge < -0.3 is 9.47 Å². The van der Waals surface area contributed by atoms with Crippen molar-refractivity contribution in [2.75, 3.05) is 6.54 Å². The van der Waals surface area contributed by atoms with E-state index in [0.717, 1.165) is 14.0 Å². The van der Waals surface area contributed by atoms with E-state index in [1.165, 1.54) is 0 Å². The van der Waals surface area contributed by atoms with Crippen LogP contribution in [0.4, 0.5) is 9.59 Å². The fraction of sp³-hybridized carbons (Fsp3) is 0.556. The number of imide groups is 1. The quantitative estimate of drug-likeness (QED) is 0.612. The Labute approximate surface area is 157 Å². The first-order chi connectivity index (χ1) is 10.9. The van der Waals surface area contributed by atoms with Crippen LogP contribution in [0.15, 0.2) is 24.3 Å². The third kappa shape index (κ3) is 7.51. The van der Waals surface area contributed by atoms with Gasteiger partial charge in [0.05, 0.1) is 0 Å². The second-order valence-corrected chi connectivity index (χ2v) is 8.62. The van der Waals surface area contributed by atoms with E-state index in [0.29, 0.717) is 6.42 Å². The van der Waals surface area contributed by atoms with E-state index >= 15 is 0 Å². The third-order valence-corrected chi connectivity index (χ3v) is 3.84. The van der Waals surface area contributed by atoms with Gasteiger partial charge in [-0.3, -0.25) is 0 Å². The zero-order valence-electron chi connectivity index (χ0n) is 15.2. The summed E-state index contributed by atoms with van der Waals surface area (Å²) in [6, 6.07) is 7.85. The summed E-state index contributed by atoms with van der Waals surface area (Å²) in [6.45, 7) is 10.8. The van der Waals surface area contributed by atoms with E-state index in [1.54, 1.807) is 41.5 Å². The van der Waals surface area contributed by atoms with Crippen molar-refractivity contribution in [1.29, 1.82) is 0 Å². The molecule has 134 valence electrons. The van der Waals surface area contributed by atoms with Crippen LogP contribution < -0.4 is 0 Å². The van der Waals surface area contributed by atoms with Gasteiger partial charge in [-0.1, -0.05) is 18.2 Å². The Bertz CT molecular complexity index is 559. The van der Waals surface area contributed by atoms with E-state index in [2.05, 4.69) is 22.6 Å². The molecule has 0 aliphatic carbocycles. The summed E-state index contributed by atoms with van der Waals surface area (Å²) in [5, 5.41) is 0. The van der Waals surface area contributed by atoms with E-state index < -0.39 is 23.4 Å². The Hall–Kier alpha value is -1.31. The molecule has 0 fully saturated rings. The largest absolute Gasteiger partial charge is 0.443 e. The summed E-state index contributed by atoms with van der Waals surface area (Å²) in [5.41, 5.74) is -0.299. The van der Waals surface area contributed by atoms with E-state index in [1.807, 2.05) is 24.3 Å². The fourth-order valence-corrected chi connectivity index (χ4v) is 2.48. The van der Waals surface area contributed by atoms with Crippen molar-refractivity contribution >= 4 is 34.8 Å². The highest BCUT2D eigenvalue weighted by atomic mass is 127. The number of carbonyl (C=O) groups is 2. The molecule has 0 aliphatic heterocycles. The highest BCUT2D eigenvalue weighted by molar-refractivity contribution is 14.1. The number of halogens is 1. The predicted octanol–water partition coefficient (Wildman–Crippen LogP) is 5.01. The van der Waals surface area contributed by atoms with Crippen LogP contribution in [0.5, 0.6) is 0 Å². The lowest BCUT2D eigenvalue weighted by Crippen LogP contribution is -2.44. The van der Waals surface area contributed by atoms with E-state index in [4.69, 9.17) is 9.47 Å². The molecule has 0 spiro atoms. The molecule has 0 aromatic heterocycles. The van der Waals surface area contributed by atoms with Crippen molar-refractivity contribution in [3.05, 3.63) is 33.4 Å². The highest BCUT2D eigenvalue weighted by Crippen LogP contribution is 2.17. The number of amides is 2. The molecule has 24 heavy (non-hydrogen) atoms. The van der Waals surface area contributed by atoms with Crippen molar-refractivity contribution in [2.24, 2.45) is 0 Å². The number of nitrogens with zero attached hydrogens (tertiary/aromatic N) is 1. The third-order valence-electron chi connectivity index (χ3n) is 2.79. The molecule has 0 radical (unpaired) electrons. The normalized spacial score (nSPS) is 11.8. The number of hydrogen-bond donors (Lipinski definition) is 0. The molecule has 0 saturated carbocycles. The van der Waals surface area contributed by atoms with Crippen LogP contribution in [0.1, 0.15) is 47.1 Å². The van der Waals surface area contributed by atoms with Gasteiger partial charge in [0.25, 0.3) is 0 Å². The summed E-state index contributed by atoms with van der Waals surface area (Å²) < 4.78 is 11.8. The van der Waals surface area contributed by atoms with Crippen molar-refractivity contribution in [1.82, 2.24) is 4.90 Å². The first kappa shape index (κ1) is 20.7. The summed E-state index contributed by atoms with van der Waals surface area (Å²) in [4.78, 5) is 25.8. The number of benzene rings is 1. The maximum Gasteiger partial charge on any atom is 0.419 e. The molecule has 1 aromatic carbocycles. The number of hydrogen-bond acceptors (Lipinski definition) is 4. The molecule has 0 N–H and O–H groups in total. The van der Waals surface area contributed by atoms with Crippen molar-refractivity contribution < 1.29 is 19.1 Å². The topological polar surface area (TPSA) is 55.8 Å². The summed E-state index contributed by atoms with van der Waals surface area (Å²) in [5.74, 6) is 0. The smallest absolute Gasteiger partial charge is 0.419 e. The van der Waals surface area contributed by atoms with Crippen molar-refractivity contribution in [2.45, 2.75) is 59.2 Å². The van der Waals surface area contributed by atoms with Crippen molar-refractivity contribution in [3.63, 3.8) is 0 Å². The van der Waals surface area contributed by atoms with Crippen LogP contribution in [0.2, 0.25) is 0 Å². The molecule has 1 rings (SSSR count). The molecule has 5 nitrogen and oxygen atoms in total. The summed E-state index contributed by atoms with van der Waals surface area (Å²) in [6.07, 6.45) is -0.845. The minimum atomic E-state index is -0.692. The maximum atomic E-state index is 12.4. The van der Waals surface area contributed by atoms with Crippen LogP contribution in [-0.4, -0.2) is 34.8 Å². The molecule has 0 unspecified atom stereocenters. The molecule has 0 aliphatic rings. The van der Waals surface area contributed by atoms with E-state index in [9.17, 15) is 9.59 Å². The molecule has 0 saturated heterocycles. The van der Waals surface area contributed by atoms with Gasteiger partial charge in [0.15, 0.2) is 0 Å². The van der Waals surface area contributed by atoms with Gasteiger partial charge in [-0.05, 0) is 82.2 Å². The molecule has 0 atom stereocenters. The van der Waals surface area contributed by atoms with Gasteiger partial charge in [0.2, 0.25) is 0 Å². The SMILES string of the molecule is CC(C)(C)OC(=O)N(CCc1ccccc1I)C(=O)OC(C)(C)C. The summed E-state index contributed by atoms with van der Waals surface area (Å²) in [7, 11) is 0. The molecule has 1 aromatic rings. The molecular formula is C18H26INO4. The standard InChI is InChI=1S/C18H26INO4/c1-17(2,3)23-15(21)20(16(22)24-18(4,5)6)12-11-13-9-7-8-10-14(13)19/h7-10H,11-12H2,1-6H3. The zero-order valence-corrected chi connectivity index (χ0v) is 17.3. The minimum absolute atomic E-state index is 0.198. The van der Waals surface area contributed by atoms with E-state index in [-0.39, 0.29) is 6.54 Å². The Morgan fingerprint density at radius 2 is 1.42 bits per heavy atom. The number of carbonyl (C=O) groups excluding carboxylic acids is 2. The maximum absolute atomic E-state index is 12.4. The van der Waals surface area contributed by atoms with Gasteiger partial charge >= 0.3 is 12.2 Å². The van der Waals surface area contributed by atoms with Crippen LogP contribution in [0.3, 0.4) is 0 Å². The van der Waals surface area contributed by atoms with Crippen LogP contribution in [0.25, 0.3) is 0 Å². The first-order valence-corrected chi connectivity index (χ1v) is 8.94. The lowest BCUT2D eigenvalue weighted by Gasteiger charge is -2.28.